The van der Waals surface area contributed by atoms with Gasteiger partial charge in [0.25, 0.3) is 0 Å². The number of benzene rings is 1. The highest BCUT2D eigenvalue weighted by molar-refractivity contribution is 5.20. The predicted molar refractivity (Wildman–Crippen MR) is 86.8 cm³/mol. The van der Waals surface area contributed by atoms with E-state index in [1.165, 1.54) is 32.1 Å². The summed E-state index contributed by atoms with van der Waals surface area (Å²) >= 11 is 0. The van der Waals surface area contributed by atoms with Gasteiger partial charge in [-0.05, 0) is 67.9 Å². The van der Waals surface area contributed by atoms with Crippen LogP contribution in [0.2, 0.25) is 0 Å². The highest BCUT2D eigenvalue weighted by Gasteiger charge is 2.47. The zero-order valence-corrected chi connectivity index (χ0v) is 13.2. The topological polar surface area (TPSA) is 41.5 Å². The molecule has 0 saturated heterocycles. The van der Waals surface area contributed by atoms with Gasteiger partial charge < -0.3 is 15.2 Å². The monoisotopic (exact) mass is 301 g/mol. The fourth-order valence-electron chi connectivity index (χ4n) is 5.30. The molecule has 1 aromatic rings. The van der Waals surface area contributed by atoms with E-state index in [1.54, 1.807) is 0 Å². The molecule has 3 heteroatoms. The summed E-state index contributed by atoms with van der Waals surface area (Å²) in [5.41, 5.74) is 0. The van der Waals surface area contributed by atoms with E-state index in [4.69, 9.17) is 4.74 Å². The molecule has 120 valence electrons. The van der Waals surface area contributed by atoms with Gasteiger partial charge in [-0.2, -0.15) is 0 Å². The second-order valence-electron chi connectivity index (χ2n) is 7.64. The summed E-state index contributed by atoms with van der Waals surface area (Å²) in [7, 11) is 0. The van der Waals surface area contributed by atoms with Crippen LogP contribution in [0.5, 0.6) is 5.75 Å². The van der Waals surface area contributed by atoms with Gasteiger partial charge in [-0.1, -0.05) is 18.2 Å². The molecule has 0 aromatic heterocycles. The Bertz CT molecular complexity index is 461. The van der Waals surface area contributed by atoms with E-state index in [0.29, 0.717) is 19.2 Å². The standard InChI is InChI=1S/C19H27NO2/c21-17(12-22-18-4-2-1-3-5-18)11-20-19-15-7-13-6-14(9-15)10-16(19)8-13/h1-5,13-17,19-21H,6-12H2. The Labute approximate surface area is 133 Å². The first-order chi connectivity index (χ1) is 10.8. The smallest absolute Gasteiger partial charge is 0.119 e. The maximum atomic E-state index is 10.2. The minimum absolute atomic E-state index is 0.365. The molecule has 0 amide bonds. The third kappa shape index (κ3) is 3.02. The number of hydrogen-bond donors (Lipinski definition) is 2. The van der Waals surface area contributed by atoms with Crippen molar-refractivity contribution in [3.63, 3.8) is 0 Å². The summed E-state index contributed by atoms with van der Waals surface area (Å²) in [4.78, 5) is 0. The number of hydrogen-bond acceptors (Lipinski definition) is 3. The fourth-order valence-corrected chi connectivity index (χ4v) is 5.30. The Kier molecular flexibility index (Phi) is 4.10. The zero-order chi connectivity index (χ0) is 14.9. The second kappa shape index (κ2) is 6.21. The molecule has 4 aliphatic carbocycles. The van der Waals surface area contributed by atoms with Gasteiger partial charge in [-0.25, -0.2) is 0 Å². The summed E-state index contributed by atoms with van der Waals surface area (Å²) < 4.78 is 5.64. The summed E-state index contributed by atoms with van der Waals surface area (Å²) in [6, 6.07) is 10.4. The van der Waals surface area contributed by atoms with Crippen LogP contribution < -0.4 is 10.1 Å². The van der Waals surface area contributed by atoms with Crippen molar-refractivity contribution >= 4 is 0 Å². The van der Waals surface area contributed by atoms with Gasteiger partial charge in [0.1, 0.15) is 18.5 Å². The Balaban J connectivity index is 1.24. The normalized spacial score (nSPS) is 37.2. The fraction of sp³-hybridized carbons (Fsp3) is 0.684. The van der Waals surface area contributed by atoms with Crippen molar-refractivity contribution in [2.75, 3.05) is 13.2 Å². The van der Waals surface area contributed by atoms with Crippen LogP contribution >= 0.6 is 0 Å². The quantitative estimate of drug-likeness (QED) is 0.849. The minimum Gasteiger partial charge on any atom is -0.491 e. The van der Waals surface area contributed by atoms with Crippen LogP contribution in [0.4, 0.5) is 0 Å². The van der Waals surface area contributed by atoms with Gasteiger partial charge in [0, 0.05) is 12.6 Å². The Morgan fingerprint density at radius 1 is 1.00 bits per heavy atom. The van der Waals surface area contributed by atoms with Gasteiger partial charge in [0.2, 0.25) is 0 Å². The molecule has 3 nitrogen and oxygen atoms in total. The number of para-hydroxylation sites is 1. The van der Waals surface area contributed by atoms with Crippen molar-refractivity contribution in [2.45, 2.75) is 44.2 Å². The van der Waals surface area contributed by atoms with Gasteiger partial charge in [0.15, 0.2) is 0 Å². The van der Waals surface area contributed by atoms with Crippen LogP contribution in [0.3, 0.4) is 0 Å². The Morgan fingerprint density at radius 2 is 1.64 bits per heavy atom. The molecule has 0 aliphatic heterocycles. The van der Waals surface area contributed by atoms with Crippen molar-refractivity contribution in [1.82, 2.24) is 5.32 Å². The summed E-state index contributed by atoms with van der Waals surface area (Å²) in [5, 5.41) is 13.8. The Hall–Kier alpha value is -1.06. The maximum Gasteiger partial charge on any atom is 0.119 e. The largest absolute Gasteiger partial charge is 0.491 e. The maximum absolute atomic E-state index is 10.2. The van der Waals surface area contributed by atoms with E-state index in [0.717, 1.165) is 29.4 Å². The lowest BCUT2D eigenvalue weighted by atomic mass is 9.54. The molecular formula is C19H27NO2. The minimum atomic E-state index is -0.433. The molecule has 4 fully saturated rings. The third-order valence-corrected chi connectivity index (χ3v) is 6.00. The van der Waals surface area contributed by atoms with Crippen LogP contribution in [-0.2, 0) is 0 Å². The molecule has 4 aliphatic rings. The zero-order valence-electron chi connectivity index (χ0n) is 13.2. The number of nitrogens with one attached hydrogen (secondary N) is 1. The third-order valence-electron chi connectivity index (χ3n) is 6.00. The molecule has 4 saturated carbocycles. The summed E-state index contributed by atoms with van der Waals surface area (Å²) in [6.45, 7) is 1.02. The van der Waals surface area contributed by atoms with Gasteiger partial charge in [-0.15, -0.1) is 0 Å². The Morgan fingerprint density at radius 3 is 2.27 bits per heavy atom. The molecule has 5 rings (SSSR count). The molecule has 4 bridgehead atoms. The SMILES string of the molecule is OC(CNC1C2CC3CC(C2)CC1C3)COc1ccccc1. The average Bonchev–Trinajstić information content (AvgIpc) is 2.52. The van der Waals surface area contributed by atoms with E-state index in [2.05, 4.69) is 5.32 Å². The van der Waals surface area contributed by atoms with Crippen LogP contribution in [0.25, 0.3) is 0 Å². The van der Waals surface area contributed by atoms with Crippen LogP contribution in [0.15, 0.2) is 30.3 Å². The molecular weight excluding hydrogens is 274 g/mol. The first kappa shape index (κ1) is 14.5. The van der Waals surface area contributed by atoms with E-state index in [-0.39, 0.29) is 0 Å². The molecule has 0 heterocycles. The number of aliphatic hydroxyl groups excluding tert-OH is 1. The van der Waals surface area contributed by atoms with Crippen molar-refractivity contribution in [2.24, 2.45) is 23.7 Å². The molecule has 0 radical (unpaired) electrons. The summed E-state index contributed by atoms with van der Waals surface area (Å²) in [6.07, 6.45) is 6.73. The molecule has 2 N–H and O–H groups in total. The lowest BCUT2D eigenvalue weighted by molar-refractivity contribution is -0.0188. The molecule has 1 aromatic carbocycles. The van der Waals surface area contributed by atoms with Crippen molar-refractivity contribution < 1.29 is 9.84 Å². The lowest BCUT2D eigenvalue weighted by Crippen LogP contribution is -2.55. The number of rotatable bonds is 6. The van der Waals surface area contributed by atoms with E-state index < -0.39 is 6.10 Å². The van der Waals surface area contributed by atoms with E-state index >= 15 is 0 Å². The van der Waals surface area contributed by atoms with Gasteiger partial charge >= 0.3 is 0 Å². The predicted octanol–water partition coefficient (Wildman–Crippen LogP) is 2.84. The first-order valence-electron chi connectivity index (χ1n) is 8.87. The van der Waals surface area contributed by atoms with Crippen LogP contribution in [0.1, 0.15) is 32.1 Å². The van der Waals surface area contributed by atoms with Crippen molar-refractivity contribution in [3.05, 3.63) is 30.3 Å². The van der Waals surface area contributed by atoms with E-state index in [1.807, 2.05) is 30.3 Å². The van der Waals surface area contributed by atoms with Crippen LogP contribution in [0, 0.1) is 23.7 Å². The average molecular weight is 301 g/mol. The lowest BCUT2D eigenvalue weighted by Gasteiger charge is -2.54. The van der Waals surface area contributed by atoms with Crippen molar-refractivity contribution in [3.8, 4) is 5.75 Å². The van der Waals surface area contributed by atoms with Crippen LogP contribution in [-0.4, -0.2) is 30.4 Å². The van der Waals surface area contributed by atoms with E-state index in [9.17, 15) is 5.11 Å². The molecule has 22 heavy (non-hydrogen) atoms. The van der Waals surface area contributed by atoms with Crippen molar-refractivity contribution in [1.29, 1.82) is 0 Å². The highest BCUT2D eigenvalue weighted by Crippen LogP contribution is 2.53. The molecule has 1 unspecified atom stereocenters. The highest BCUT2D eigenvalue weighted by atomic mass is 16.5. The second-order valence-corrected chi connectivity index (χ2v) is 7.64. The summed E-state index contributed by atoms with van der Waals surface area (Å²) in [5.74, 6) is 4.56. The first-order valence-corrected chi connectivity index (χ1v) is 8.87. The number of aliphatic hydroxyl groups is 1. The van der Waals surface area contributed by atoms with Gasteiger partial charge in [0.05, 0.1) is 0 Å². The molecule has 0 spiro atoms. The number of ether oxygens (including phenoxy) is 1. The molecule has 1 atom stereocenters. The van der Waals surface area contributed by atoms with Gasteiger partial charge in [-0.3, -0.25) is 0 Å².